The Bertz CT molecular complexity index is 3000. The Kier molecular flexibility index (Phi) is 8.48. The van der Waals surface area contributed by atoms with E-state index < -0.39 is 0 Å². The number of allylic oxidation sites excluding steroid dienone is 8. The van der Waals surface area contributed by atoms with Gasteiger partial charge in [-0.25, -0.2) is 0 Å². The summed E-state index contributed by atoms with van der Waals surface area (Å²) < 4.78 is 0. The van der Waals surface area contributed by atoms with Gasteiger partial charge in [0.25, 0.3) is 0 Å². The average Bonchev–Trinajstić information content (AvgIpc) is 3.58. The van der Waals surface area contributed by atoms with Crippen LogP contribution in [0.4, 0.5) is 17.1 Å². The van der Waals surface area contributed by atoms with Crippen molar-refractivity contribution in [2.24, 2.45) is 5.92 Å². The van der Waals surface area contributed by atoms with E-state index in [-0.39, 0.29) is 17.3 Å². The summed E-state index contributed by atoms with van der Waals surface area (Å²) in [5.74, 6) is 0.320. The number of nitrogens with zero attached hydrogens (tertiary/aromatic N) is 1. The van der Waals surface area contributed by atoms with Crippen LogP contribution >= 0.6 is 0 Å². The van der Waals surface area contributed by atoms with E-state index in [1.807, 2.05) is 0 Å². The molecule has 0 heterocycles. The molecule has 0 radical (unpaired) electrons. The van der Waals surface area contributed by atoms with Crippen LogP contribution in [0.25, 0.3) is 38.6 Å². The smallest absolute Gasteiger partial charge is 0.0540 e. The third-order valence-corrected chi connectivity index (χ3v) is 13.0. The minimum absolute atomic E-state index is 0.130. The predicted molar refractivity (Wildman–Crippen MR) is 249 cm³/mol. The SMILES string of the molecule is CC1(c2ccccc2)c2ccccc2-c2c(-c3ccc(N(c4ccccc4C4C=CC=C5C=CC=C(c6ccccc6)C54)c4cccc5ccccc45)cc3)cccc21. The molecule has 0 aliphatic heterocycles. The van der Waals surface area contributed by atoms with E-state index in [2.05, 4.69) is 242 Å². The molecule has 0 spiro atoms. The second-order valence-electron chi connectivity index (χ2n) is 16.1. The summed E-state index contributed by atoms with van der Waals surface area (Å²) in [5, 5.41) is 2.44. The molecular weight excluding hydrogens is 711 g/mol. The van der Waals surface area contributed by atoms with Crippen LogP contribution in [-0.2, 0) is 5.41 Å². The Balaban J connectivity index is 1.06. The molecule has 0 N–H and O–H groups in total. The van der Waals surface area contributed by atoms with E-state index in [9.17, 15) is 0 Å². The molecule has 0 aromatic heterocycles. The Morgan fingerprint density at radius 3 is 2.02 bits per heavy atom. The van der Waals surface area contributed by atoms with Crippen molar-refractivity contribution in [3.05, 3.63) is 264 Å². The number of para-hydroxylation sites is 1. The Morgan fingerprint density at radius 1 is 0.492 bits per heavy atom. The lowest BCUT2D eigenvalue weighted by molar-refractivity contribution is 0.687. The molecule has 1 heteroatoms. The highest BCUT2D eigenvalue weighted by atomic mass is 15.1. The van der Waals surface area contributed by atoms with Crippen molar-refractivity contribution in [1.82, 2.24) is 0 Å². The van der Waals surface area contributed by atoms with Gasteiger partial charge in [-0.2, -0.15) is 0 Å². The maximum atomic E-state index is 2.50. The van der Waals surface area contributed by atoms with Crippen molar-refractivity contribution >= 4 is 33.4 Å². The zero-order chi connectivity index (χ0) is 39.3. The summed E-state index contributed by atoms with van der Waals surface area (Å²) in [6, 6.07) is 71.6. The zero-order valence-corrected chi connectivity index (χ0v) is 33.0. The van der Waals surface area contributed by atoms with Gasteiger partial charge in [0.05, 0.1) is 5.69 Å². The number of benzene rings is 8. The van der Waals surface area contributed by atoms with Gasteiger partial charge < -0.3 is 4.90 Å². The molecule has 280 valence electrons. The molecule has 0 saturated carbocycles. The van der Waals surface area contributed by atoms with Gasteiger partial charge in [0.2, 0.25) is 0 Å². The molecule has 3 unspecified atom stereocenters. The minimum atomic E-state index is -0.246. The van der Waals surface area contributed by atoms with Crippen molar-refractivity contribution in [2.45, 2.75) is 18.3 Å². The van der Waals surface area contributed by atoms with Gasteiger partial charge in [-0.15, -0.1) is 0 Å². The monoisotopic (exact) mass is 753 g/mol. The van der Waals surface area contributed by atoms with Gasteiger partial charge in [0.1, 0.15) is 0 Å². The van der Waals surface area contributed by atoms with Crippen LogP contribution in [0.5, 0.6) is 0 Å². The van der Waals surface area contributed by atoms with Crippen molar-refractivity contribution in [3.63, 3.8) is 0 Å². The lowest BCUT2D eigenvalue weighted by Gasteiger charge is -2.36. The van der Waals surface area contributed by atoms with E-state index in [0.29, 0.717) is 0 Å². The van der Waals surface area contributed by atoms with E-state index >= 15 is 0 Å². The number of anilines is 3. The van der Waals surface area contributed by atoms with Crippen molar-refractivity contribution < 1.29 is 0 Å². The van der Waals surface area contributed by atoms with E-state index in [1.54, 1.807) is 0 Å². The van der Waals surface area contributed by atoms with Gasteiger partial charge in [-0.05, 0) is 97.8 Å². The molecule has 59 heavy (non-hydrogen) atoms. The van der Waals surface area contributed by atoms with E-state index in [4.69, 9.17) is 0 Å². The standard InChI is InChI=1S/C58H43N/c1-58(44-24-6-3-7-25-44)52-32-12-10-28-51(52)57-48(30-17-33-53(57)58)42-36-38-45(39-37-42)59(54-35-16-21-40-20-8-9-26-46(40)54)55-34-13-11-27-49(55)50-31-15-23-43-22-14-29-47(56(43)50)41-18-4-2-5-19-41/h2-39,50,56H,1H3. The molecule has 0 bridgehead atoms. The lowest BCUT2D eigenvalue weighted by atomic mass is 9.70. The molecule has 3 aliphatic carbocycles. The molecule has 1 nitrogen and oxygen atoms in total. The molecule has 3 atom stereocenters. The number of fused-ring (bicyclic) bond motifs is 5. The van der Waals surface area contributed by atoms with Crippen LogP contribution in [0.2, 0.25) is 0 Å². The van der Waals surface area contributed by atoms with Gasteiger partial charge >= 0.3 is 0 Å². The summed E-state index contributed by atoms with van der Waals surface area (Å²) in [6.45, 7) is 2.39. The topological polar surface area (TPSA) is 3.24 Å². The highest BCUT2D eigenvalue weighted by molar-refractivity contribution is 6.00. The fourth-order valence-electron chi connectivity index (χ4n) is 10.2. The second kappa shape index (κ2) is 14.3. The third-order valence-electron chi connectivity index (χ3n) is 13.0. The molecule has 0 saturated heterocycles. The fraction of sp³-hybridized carbons (Fsp3) is 0.0690. The summed E-state index contributed by atoms with van der Waals surface area (Å²) in [4.78, 5) is 2.50. The Morgan fingerprint density at radius 2 is 1.15 bits per heavy atom. The third kappa shape index (κ3) is 5.69. The summed E-state index contributed by atoms with van der Waals surface area (Å²) in [6.07, 6.45) is 13.8. The molecule has 8 aromatic rings. The fourth-order valence-corrected chi connectivity index (χ4v) is 10.2. The summed E-state index contributed by atoms with van der Waals surface area (Å²) in [7, 11) is 0. The van der Waals surface area contributed by atoms with Crippen LogP contribution in [0, 0.1) is 5.92 Å². The van der Waals surface area contributed by atoms with Crippen molar-refractivity contribution in [3.8, 4) is 22.3 Å². The van der Waals surface area contributed by atoms with Crippen LogP contribution in [0.15, 0.2) is 236 Å². The van der Waals surface area contributed by atoms with Crippen molar-refractivity contribution in [2.75, 3.05) is 4.90 Å². The van der Waals surface area contributed by atoms with Gasteiger partial charge in [0.15, 0.2) is 0 Å². The van der Waals surface area contributed by atoms with Crippen LogP contribution in [0.3, 0.4) is 0 Å². The van der Waals surface area contributed by atoms with Gasteiger partial charge in [-0.3, -0.25) is 0 Å². The molecular formula is C58H43N. The largest absolute Gasteiger partial charge is 0.310 e. The quantitative estimate of drug-likeness (QED) is 0.157. The predicted octanol–water partition coefficient (Wildman–Crippen LogP) is 15.2. The molecule has 0 amide bonds. The highest BCUT2D eigenvalue weighted by Gasteiger charge is 2.41. The maximum Gasteiger partial charge on any atom is 0.0540 e. The van der Waals surface area contributed by atoms with Crippen LogP contribution < -0.4 is 4.90 Å². The number of hydrogen-bond donors (Lipinski definition) is 0. The first-order valence-electron chi connectivity index (χ1n) is 20.8. The van der Waals surface area contributed by atoms with Crippen LogP contribution in [0.1, 0.15) is 40.7 Å². The van der Waals surface area contributed by atoms with Gasteiger partial charge in [-0.1, -0.05) is 206 Å². The zero-order valence-electron chi connectivity index (χ0n) is 33.0. The van der Waals surface area contributed by atoms with E-state index in [1.165, 1.54) is 77.7 Å². The highest BCUT2D eigenvalue weighted by Crippen LogP contribution is 2.55. The van der Waals surface area contributed by atoms with Crippen LogP contribution in [-0.4, -0.2) is 0 Å². The Hall–Kier alpha value is -7.22. The molecule has 0 fully saturated rings. The summed E-state index contributed by atoms with van der Waals surface area (Å²) in [5.41, 5.74) is 17.6. The van der Waals surface area contributed by atoms with E-state index in [0.717, 1.165) is 11.4 Å². The second-order valence-corrected chi connectivity index (χ2v) is 16.1. The molecule has 3 aliphatic rings. The first-order valence-corrected chi connectivity index (χ1v) is 20.8. The molecule has 8 aromatic carbocycles. The number of rotatable bonds is 7. The molecule has 11 rings (SSSR count). The maximum absolute atomic E-state index is 2.50. The first-order chi connectivity index (χ1) is 29.2. The Labute approximate surface area is 347 Å². The van der Waals surface area contributed by atoms with Crippen molar-refractivity contribution in [1.29, 1.82) is 0 Å². The summed E-state index contributed by atoms with van der Waals surface area (Å²) >= 11 is 0. The van der Waals surface area contributed by atoms with Gasteiger partial charge in [0, 0.05) is 34.0 Å². The lowest BCUT2D eigenvalue weighted by Crippen LogP contribution is -2.22. The number of hydrogen-bond acceptors (Lipinski definition) is 1. The average molecular weight is 754 g/mol. The minimum Gasteiger partial charge on any atom is -0.310 e. The first kappa shape index (κ1) is 35.0. The normalized spacial score (nSPS) is 18.7.